The van der Waals surface area contributed by atoms with Crippen LogP contribution in [-0.4, -0.2) is 41.1 Å². The van der Waals surface area contributed by atoms with Crippen molar-refractivity contribution in [3.05, 3.63) is 41.5 Å². The highest BCUT2D eigenvalue weighted by Gasteiger charge is 2.08. The van der Waals surface area contributed by atoms with E-state index >= 15 is 0 Å². The second-order valence-corrected chi connectivity index (χ2v) is 5.94. The zero-order valence-electron chi connectivity index (χ0n) is 12.4. The monoisotopic (exact) mass is 293 g/mol. The van der Waals surface area contributed by atoms with Gasteiger partial charge in [-0.05, 0) is 49.6 Å². The summed E-state index contributed by atoms with van der Waals surface area (Å²) in [5.41, 5.74) is 2.16. The predicted molar refractivity (Wildman–Crippen MR) is 87.0 cm³/mol. The number of rotatable bonds is 8. The Labute approximate surface area is 125 Å². The van der Waals surface area contributed by atoms with Crippen molar-refractivity contribution in [2.75, 3.05) is 19.1 Å². The van der Waals surface area contributed by atoms with E-state index in [-0.39, 0.29) is 0 Å². The van der Waals surface area contributed by atoms with Crippen molar-refractivity contribution < 1.29 is 9.90 Å². The second kappa shape index (κ2) is 8.82. The summed E-state index contributed by atoms with van der Waals surface area (Å²) >= 11 is 1.88. The minimum absolute atomic E-state index is 0.564. The van der Waals surface area contributed by atoms with Gasteiger partial charge in [0, 0.05) is 18.7 Å². The maximum atomic E-state index is 10.5. The molecule has 0 aliphatic rings. The lowest BCUT2D eigenvalue weighted by Crippen LogP contribution is -2.29. The van der Waals surface area contributed by atoms with E-state index in [0.717, 1.165) is 18.2 Å². The fraction of sp³-hybridized carbons (Fsp3) is 0.438. The number of benzene rings is 1. The van der Waals surface area contributed by atoms with E-state index in [1.807, 2.05) is 23.9 Å². The lowest BCUT2D eigenvalue weighted by molar-refractivity contribution is -0.131. The van der Waals surface area contributed by atoms with E-state index in [4.69, 9.17) is 5.11 Å². The molecule has 3 nitrogen and oxygen atoms in total. The van der Waals surface area contributed by atoms with Crippen molar-refractivity contribution in [1.29, 1.82) is 0 Å². The average molecular weight is 293 g/mol. The molecule has 1 unspecified atom stereocenters. The molecular weight excluding hydrogens is 270 g/mol. The Balaban J connectivity index is 2.54. The summed E-state index contributed by atoms with van der Waals surface area (Å²) in [7, 11) is 2.14. The van der Waals surface area contributed by atoms with Crippen LogP contribution in [0.2, 0.25) is 0 Å². The molecule has 0 amide bonds. The Kier molecular flexibility index (Phi) is 7.41. The highest BCUT2D eigenvalue weighted by Crippen LogP contribution is 2.12. The fourth-order valence-corrected chi connectivity index (χ4v) is 2.43. The molecule has 0 radical (unpaired) electrons. The van der Waals surface area contributed by atoms with Gasteiger partial charge in [0.2, 0.25) is 0 Å². The molecule has 0 aromatic heterocycles. The first-order valence-corrected chi connectivity index (χ1v) is 8.11. The maximum Gasteiger partial charge on any atom is 0.328 e. The van der Waals surface area contributed by atoms with Gasteiger partial charge in [-0.1, -0.05) is 24.3 Å². The minimum Gasteiger partial charge on any atom is -0.478 e. The van der Waals surface area contributed by atoms with Gasteiger partial charge in [-0.3, -0.25) is 4.90 Å². The molecule has 0 aliphatic carbocycles. The van der Waals surface area contributed by atoms with Crippen LogP contribution in [0.1, 0.15) is 24.5 Å². The first-order chi connectivity index (χ1) is 9.52. The standard InChI is InChI=1S/C16H23NO2S/c1-13(10-11-20-3)17(2)12-15-6-4-14(5-7-15)8-9-16(18)19/h4-9,13H,10-12H2,1-3H3,(H,18,19)/b9-8+. The van der Waals surface area contributed by atoms with Gasteiger partial charge in [-0.25, -0.2) is 4.79 Å². The second-order valence-electron chi connectivity index (χ2n) is 4.96. The van der Waals surface area contributed by atoms with Gasteiger partial charge in [0.25, 0.3) is 0 Å². The minimum atomic E-state index is -0.920. The molecule has 1 N–H and O–H groups in total. The summed E-state index contributed by atoms with van der Waals surface area (Å²) in [5, 5.41) is 8.59. The van der Waals surface area contributed by atoms with E-state index in [0.29, 0.717) is 6.04 Å². The van der Waals surface area contributed by atoms with E-state index in [1.54, 1.807) is 6.08 Å². The summed E-state index contributed by atoms with van der Waals surface area (Å²) in [4.78, 5) is 12.8. The zero-order chi connectivity index (χ0) is 15.0. The Hall–Kier alpha value is -1.26. The topological polar surface area (TPSA) is 40.5 Å². The summed E-state index contributed by atoms with van der Waals surface area (Å²) in [6.07, 6.45) is 6.09. The van der Waals surface area contributed by atoms with Gasteiger partial charge in [0.05, 0.1) is 0 Å². The zero-order valence-corrected chi connectivity index (χ0v) is 13.2. The molecule has 0 saturated carbocycles. The van der Waals surface area contributed by atoms with E-state index in [2.05, 4.69) is 37.3 Å². The van der Waals surface area contributed by atoms with Gasteiger partial charge in [0.1, 0.15) is 0 Å². The molecule has 1 atom stereocenters. The number of aliphatic carboxylic acids is 1. The van der Waals surface area contributed by atoms with Crippen molar-refractivity contribution in [1.82, 2.24) is 4.90 Å². The van der Waals surface area contributed by atoms with Crippen LogP contribution in [0.25, 0.3) is 6.08 Å². The maximum absolute atomic E-state index is 10.5. The van der Waals surface area contributed by atoms with Crippen LogP contribution in [0.3, 0.4) is 0 Å². The molecule has 4 heteroatoms. The third-order valence-electron chi connectivity index (χ3n) is 3.32. The van der Waals surface area contributed by atoms with Crippen LogP contribution >= 0.6 is 11.8 Å². The van der Waals surface area contributed by atoms with Crippen molar-refractivity contribution in [3.63, 3.8) is 0 Å². The van der Waals surface area contributed by atoms with Crippen molar-refractivity contribution in [2.24, 2.45) is 0 Å². The normalized spacial score (nSPS) is 13.0. The molecule has 1 aromatic carbocycles. The highest BCUT2D eigenvalue weighted by molar-refractivity contribution is 7.98. The summed E-state index contributed by atoms with van der Waals surface area (Å²) in [5.74, 6) is 0.265. The van der Waals surface area contributed by atoms with Crippen molar-refractivity contribution >= 4 is 23.8 Å². The Bertz CT molecular complexity index is 442. The summed E-state index contributed by atoms with van der Waals surface area (Å²) < 4.78 is 0. The van der Waals surface area contributed by atoms with Crippen LogP contribution in [0, 0.1) is 0 Å². The first kappa shape index (κ1) is 16.8. The number of hydrogen-bond donors (Lipinski definition) is 1. The smallest absolute Gasteiger partial charge is 0.328 e. The molecule has 0 aliphatic heterocycles. The van der Waals surface area contributed by atoms with Gasteiger partial charge in [-0.15, -0.1) is 0 Å². The number of carboxylic acid groups (broad SMARTS) is 1. The van der Waals surface area contributed by atoms with E-state index in [1.165, 1.54) is 17.7 Å². The van der Waals surface area contributed by atoms with E-state index < -0.39 is 5.97 Å². The Morgan fingerprint density at radius 2 is 2.05 bits per heavy atom. The van der Waals surface area contributed by atoms with Crippen LogP contribution in [-0.2, 0) is 11.3 Å². The van der Waals surface area contributed by atoms with Gasteiger partial charge >= 0.3 is 5.97 Å². The molecule has 0 saturated heterocycles. The van der Waals surface area contributed by atoms with Crippen LogP contribution in [0.15, 0.2) is 30.3 Å². The van der Waals surface area contributed by atoms with Gasteiger partial charge in [-0.2, -0.15) is 11.8 Å². The molecule has 0 bridgehead atoms. The van der Waals surface area contributed by atoms with Crippen molar-refractivity contribution in [3.8, 4) is 0 Å². The largest absolute Gasteiger partial charge is 0.478 e. The highest BCUT2D eigenvalue weighted by atomic mass is 32.2. The molecule has 20 heavy (non-hydrogen) atoms. The van der Waals surface area contributed by atoms with Crippen LogP contribution < -0.4 is 0 Å². The van der Waals surface area contributed by atoms with Gasteiger partial charge in [0.15, 0.2) is 0 Å². The fourth-order valence-electron chi connectivity index (χ4n) is 1.85. The number of carbonyl (C=O) groups is 1. The number of hydrogen-bond acceptors (Lipinski definition) is 3. The molecule has 1 rings (SSSR count). The molecule has 0 fully saturated rings. The number of carboxylic acids is 1. The van der Waals surface area contributed by atoms with Crippen LogP contribution in [0.5, 0.6) is 0 Å². The third kappa shape index (κ3) is 6.26. The molecule has 0 spiro atoms. The van der Waals surface area contributed by atoms with Gasteiger partial charge < -0.3 is 5.11 Å². The lowest BCUT2D eigenvalue weighted by atomic mass is 10.1. The SMILES string of the molecule is CSCCC(C)N(C)Cc1ccc(/C=C/C(=O)O)cc1. The molecule has 110 valence electrons. The third-order valence-corrected chi connectivity index (χ3v) is 3.97. The van der Waals surface area contributed by atoms with Crippen molar-refractivity contribution in [2.45, 2.75) is 25.9 Å². The molecule has 0 heterocycles. The summed E-state index contributed by atoms with van der Waals surface area (Å²) in [6, 6.07) is 8.58. The molecule has 1 aromatic rings. The average Bonchev–Trinajstić information content (AvgIpc) is 2.43. The quantitative estimate of drug-likeness (QED) is 0.746. The predicted octanol–water partition coefficient (Wildman–Crippen LogP) is 3.36. The first-order valence-electron chi connectivity index (χ1n) is 6.72. The summed E-state index contributed by atoms with van der Waals surface area (Å²) in [6.45, 7) is 3.17. The molecular formula is C16H23NO2S. The van der Waals surface area contributed by atoms with E-state index in [9.17, 15) is 4.79 Å². The number of thioether (sulfide) groups is 1. The van der Waals surface area contributed by atoms with Crippen LogP contribution in [0.4, 0.5) is 0 Å². The Morgan fingerprint density at radius 1 is 1.40 bits per heavy atom. The number of nitrogens with zero attached hydrogens (tertiary/aromatic N) is 1. The Morgan fingerprint density at radius 3 is 2.60 bits per heavy atom. The lowest BCUT2D eigenvalue weighted by Gasteiger charge is -2.24.